The molecule has 0 saturated carbocycles. The molecule has 1 aliphatic carbocycles. The van der Waals surface area contributed by atoms with Crippen LogP contribution in [0.25, 0.3) is 5.57 Å². The van der Waals surface area contributed by atoms with Crippen LogP contribution in [0.1, 0.15) is 57.3 Å². The molecule has 1 aromatic carbocycles. The molecule has 2 N–H and O–H groups in total. The number of allylic oxidation sites excluding steroid dienone is 2. The van der Waals surface area contributed by atoms with Gasteiger partial charge in [0.2, 0.25) is 10.6 Å². The van der Waals surface area contributed by atoms with E-state index in [9.17, 15) is 0 Å². The molecule has 1 atom stereocenters. The number of aromatic nitrogens is 3. The molecule has 0 radical (unpaired) electrons. The monoisotopic (exact) mass is 445 g/mol. The minimum absolute atomic E-state index is 0.0456. The quantitative estimate of drug-likeness (QED) is 0.529. The number of anilines is 1. The zero-order valence-electron chi connectivity index (χ0n) is 17.6. The van der Waals surface area contributed by atoms with E-state index in [0.717, 1.165) is 24.2 Å². The second-order valence-corrected chi connectivity index (χ2v) is 8.35. The maximum Gasteiger partial charge on any atom is 0.226 e. The summed E-state index contributed by atoms with van der Waals surface area (Å²) in [7, 11) is 0. The summed E-state index contributed by atoms with van der Waals surface area (Å²) in [5.74, 6) is 0.372. The van der Waals surface area contributed by atoms with E-state index in [2.05, 4.69) is 64.0 Å². The van der Waals surface area contributed by atoms with Crippen molar-refractivity contribution in [1.29, 1.82) is 0 Å². The first-order valence-electron chi connectivity index (χ1n) is 10.6. The van der Waals surface area contributed by atoms with E-state index in [4.69, 9.17) is 28.9 Å². The Morgan fingerprint density at radius 1 is 0.967 bits per heavy atom. The van der Waals surface area contributed by atoms with Gasteiger partial charge in [0.1, 0.15) is 0 Å². The molecule has 1 aliphatic rings. The van der Waals surface area contributed by atoms with Crippen molar-refractivity contribution in [2.24, 2.45) is 5.73 Å². The van der Waals surface area contributed by atoms with Crippen LogP contribution in [-0.2, 0) is 5.54 Å². The Morgan fingerprint density at radius 2 is 1.57 bits per heavy atom. The number of halogens is 2. The smallest absolute Gasteiger partial charge is 0.226 e. The molecule has 1 aromatic heterocycles. The average Bonchev–Trinajstić information content (AvgIpc) is 2.74. The van der Waals surface area contributed by atoms with Gasteiger partial charge in [0, 0.05) is 18.8 Å². The Kier molecular flexibility index (Phi) is 7.87. The van der Waals surface area contributed by atoms with Gasteiger partial charge in [-0.3, -0.25) is 0 Å². The molecule has 5 nitrogen and oxygen atoms in total. The van der Waals surface area contributed by atoms with Gasteiger partial charge in [-0.05, 0) is 65.7 Å². The lowest BCUT2D eigenvalue weighted by Crippen LogP contribution is -2.37. The van der Waals surface area contributed by atoms with E-state index < -0.39 is 5.54 Å². The third kappa shape index (κ3) is 5.60. The van der Waals surface area contributed by atoms with Gasteiger partial charge in [0.05, 0.1) is 5.54 Å². The molecular weight excluding hydrogens is 417 g/mol. The van der Waals surface area contributed by atoms with Crippen molar-refractivity contribution in [2.45, 2.75) is 51.5 Å². The first kappa shape index (κ1) is 22.7. The summed E-state index contributed by atoms with van der Waals surface area (Å²) < 4.78 is 0. The van der Waals surface area contributed by atoms with E-state index in [1.165, 1.54) is 31.4 Å². The highest BCUT2D eigenvalue weighted by molar-refractivity contribution is 6.31. The third-order valence-electron chi connectivity index (χ3n) is 5.35. The number of hydrogen-bond donors (Lipinski definition) is 1. The lowest BCUT2D eigenvalue weighted by atomic mass is 9.87. The molecule has 0 spiro atoms. The standard InChI is InChI=1S/C23H29Cl2N5/c1-3-5-15-30(16-6-4-2)19-9-7-17(8-10-19)18-11-13-23(26,14-12-18)20-27-21(24)29-22(25)28-20/h7-13H,3-6,14-16,26H2,1-2H3. The SMILES string of the molecule is CCCCN(CCCC)c1ccc(C2=CCC(N)(c3nc(Cl)nc(Cl)n3)C=C2)cc1. The highest BCUT2D eigenvalue weighted by Crippen LogP contribution is 2.32. The van der Waals surface area contributed by atoms with Crippen LogP contribution in [0.5, 0.6) is 0 Å². The molecule has 160 valence electrons. The van der Waals surface area contributed by atoms with Crippen LogP contribution in [0.4, 0.5) is 5.69 Å². The van der Waals surface area contributed by atoms with Crippen LogP contribution in [-0.4, -0.2) is 28.0 Å². The van der Waals surface area contributed by atoms with Crippen LogP contribution in [0.15, 0.2) is 42.5 Å². The Morgan fingerprint density at radius 3 is 2.07 bits per heavy atom. The second kappa shape index (κ2) is 10.4. The summed E-state index contributed by atoms with van der Waals surface area (Å²) in [5, 5.41) is 0.0913. The summed E-state index contributed by atoms with van der Waals surface area (Å²) >= 11 is 11.8. The van der Waals surface area contributed by atoms with E-state index in [-0.39, 0.29) is 10.6 Å². The van der Waals surface area contributed by atoms with Gasteiger partial charge < -0.3 is 10.6 Å². The zero-order chi connectivity index (χ0) is 21.6. The molecule has 0 bridgehead atoms. The molecule has 30 heavy (non-hydrogen) atoms. The highest BCUT2D eigenvalue weighted by atomic mass is 35.5. The summed E-state index contributed by atoms with van der Waals surface area (Å²) in [6, 6.07) is 8.78. The van der Waals surface area contributed by atoms with Crippen LogP contribution in [0.3, 0.4) is 0 Å². The molecule has 1 unspecified atom stereocenters. The fraction of sp³-hybridized carbons (Fsp3) is 0.435. The van der Waals surface area contributed by atoms with Gasteiger partial charge in [-0.1, -0.05) is 57.0 Å². The molecule has 0 aliphatic heterocycles. The normalized spacial score (nSPS) is 18.4. The number of nitrogens with two attached hydrogens (primary N) is 1. The number of nitrogens with zero attached hydrogens (tertiary/aromatic N) is 4. The lowest BCUT2D eigenvalue weighted by Gasteiger charge is -2.27. The van der Waals surface area contributed by atoms with Gasteiger partial charge in [0.25, 0.3) is 0 Å². The molecule has 0 amide bonds. The summed E-state index contributed by atoms with van der Waals surface area (Å²) in [4.78, 5) is 14.6. The van der Waals surface area contributed by atoms with Gasteiger partial charge >= 0.3 is 0 Å². The summed E-state index contributed by atoms with van der Waals surface area (Å²) in [6.45, 7) is 6.68. The first-order valence-corrected chi connectivity index (χ1v) is 11.3. The second-order valence-electron chi connectivity index (χ2n) is 7.68. The van der Waals surface area contributed by atoms with Crippen molar-refractivity contribution < 1.29 is 0 Å². The topological polar surface area (TPSA) is 67.9 Å². The highest BCUT2D eigenvalue weighted by Gasteiger charge is 2.30. The minimum Gasteiger partial charge on any atom is -0.372 e. The number of benzene rings is 1. The molecule has 2 aromatic rings. The zero-order valence-corrected chi connectivity index (χ0v) is 19.1. The number of hydrogen-bond acceptors (Lipinski definition) is 5. The van der Waals surface area contributed by atoms with Gasteiger partial charge in [0.15, 0.2) is 5.82 Å². The summed E-state index contributed by atoms with van der Waals surface area (Å²) in [5.41, 5.74) is 9.23. The largest absolute Gasteiger partial charge is 0.372 e. The van der Waals surface area contributed by atoms with Crippen LogP contribution in [0.2, 0.25) is 10.6 Å². The van der Waals surface area contributed by atoms with E-state index in [1.54, 1.807) is 0 Å². The first-order chi connectivity index (χ1) is 14.4. The van der Waals surface area contributed by atoms with E-state index in [0.29, 0.717) is 12.2 Å². The van der Waals surface area contributed by atoms with Crippen molar-refractivity contribution in [3.8, 4) is 0 Å². The van der Waals surface area contributed by atoms with Gasteiger partial charge in [-0.15, -0.1) is 0 Å². The van der Waals surface area contributed by atoms with Gasteiger partial charge in [-0.2, -0.15) is 4.98 Å². The van der Waals surface area contributed by atoms with Crippen LogP contribution in [0, 0.1) is 0 Å². The van der Waals surface area contributed by atoms with Crippen molar-refractivity contribution in [1.82, 2.24) is 15.0 Å². The lowest BCUT2D eigenvalue weighted by molar-refractivity contribution is 0.524. The number of unbranched alkanes of at least 4 members (excludes halogenated alkanes) is 2. The van der Waals surface area contributed by atoms with Crippen molar-refractivity contribution in [2.75, 3.05) is 18.0 Å². The maximum atomic E-state index is 6.51. The third-order valence-corrected chi connectivity index (χ3v) is 5.68. The molecular formula is C23H29Cl2N5. The van der Waals surface area contributed by atoms with Crippen molar-refractivity contribution in [3.05, 3.63) is 64.4 Å². The Hall–Kier alpha value is -1.95. The number of rotatable bonds is 9. The van der Waals surface area contributed by atoms with Crippen molar-refractivity contribution >= 4 is 34.5 Å². The molecule has 3 rings (SSSR count). The van der Waals surface area contributed by atoms with E-state index >= 15 is 0 Å². The Bertz CT molecular complexity index is 882. The fourth-order valence-electron chi connectivity index (χ4n) is 3.50. The average molecular weight is 446 g/mol. The molecule has 7 heteroatoms. The van der Waals surface area contributed by atoms with Crippen LogP contribution < -0.4 is 10.6 Å². The Balaban J connectivity index is 1.73. The predicted octanol–water partition coefficient (Wildman–Crippen LogP) is 5.78. The molecule has 0 saturated heterocycles. The van der Waals surface area contributed by atoms with Crippen LogP contribution >= 0.6 is 23.2 Å². The maximum absolute atomic E-state index is 6.51. The van der Waals surface area contributed by atoms with Crippen molar-refractivity contribution in [3.63, 3.8) is 0 Å². The molecule has 1 heterocycles. The van der Waals surface area contributed by atoms with E-state index in [1.807, 2.05) is 12.2 Å². The minimum atomic E-state index is -0.850. The Labute approximate surface area is 189 Å². The predicted molar refractivity (Wildman–Crippen MR) is 126 cm³/mol. The fourth-order valence-corrected chi connectivity index (χ4v) is 3.86. The summed E-state index contributed by atoms with van der Waals surface area (Å²) in [6.07, 6.45) is 11.4. The molecule has 0 fully saturated rings. The van der Waals surface area contributed by atoms with Gasteiger partial charge in [-0.25, -0.2) is 9.97 Å².